The molecule has 0 atom stereocenters. The molecule has 7 heteroatoms. The lowest BCUT2D eigenvalue weighted by Crippen LogP contribution is -2.29. The van der Waals surface area contributed by atoms with Gasteiger partial charge in [0.2, 0.25) is 5.91 Å². The van der Waals surface area contributed by atoms with Crippen molar-refractivity contribution in [2.45, 2.75) is 32.2 Å². The number of piperidine rings is 1. The maximum atomic E-state index is 11.8. The Balaban J connectivity index is 0.00000242. The molecule has 0 bridgehead atoms. The Morgan fingerprint density at radius 2 is 2.00 bits per heavy atom. The molecule has 2 N–H and O–H groups in total. The van der Waals surface area contributed by atoms with Crippen LogP contribution in [0.5, 0.6) is 0 Å². The number of amides is 1. The molecule has 0 radical (unpaired) electrons. The van der Waals surface area contributed by atoms with E-state index in [1.807, 2.05) is 0 Å². The van der Waals surface area contributed by atoms with Crippen LogP contribution in [0.1, 0.15) is 31.2 Å². The fraction of sp³-hybridized carbons (Fsp3) is 0.533. The van der Waals surface area contributed by atoms with Crippen molar-refractivity contribution in [2.24, 2.45) is 5.92 Å². The molecule has 0 aromatic heterocycles. The molecule has 0 spiro atoms. The van der Waals surface area contributed by atoms with E-state index in [2.05, 4.69) is 10.6 Å². The van der Waals surface area contributed by atoms with Gasteiger partial charge in [0.1, 0.15) is 0 Å². The summed E-state index contributed by atoms with van der Waals surface area (Å²) in [5.74, 6) is 0.578. The number of benzene rings is 1. The summed E-state index contributed by atoms with van der Waals surface area (Å²) in [6.45, 7) is 2.27. The summed E-state index contributed by atoms with van der Waals surface area (Å²) in [7, 11) is 0. The van der Waals surface area contributed by atoms with Gasteiger partial charge in [-0.1, -0.05) is 18.2 Å². The lowest BCUT2D eigenvalue weighted by molar-refractivity contribution is -0.385. The smallest absolute Gasteiger partial charge is 0.274 e. The van der Waals surface area contributed by atoms with Crippen molar-refractivity contribution in [1.29, 1.82) is 0 Å². The van der Waals surface area contributed by atoms with Crippen LogP contribution < -0.4 is 10.6 Å². The van der Waals surface area contributed by atoms with E-state index >= 15 is 0 Å². The third-order valence-corrected chi connectivity index (χ3v) is 3.90. The summed E-state index contributed by atoms with van der Waals surface area (Å²) < 4.78 is 0. The number of hydrogen-bond acceptors (Lipinski definition) is 4. The molecule has 1 saturated heterocycles. The van der Waals surface area contributed by atoms with E-state index in [0.29, 0.717) is 17.9 Å². The summed E-state index contributed by atoms with van der Waals surface area (Å²) >= 11 is 0. The molecule has 0 saturated carbocycles. The number of para-hydroxylation sites is 1. The molecule has 122 valence electrons. The Bertz CT molecular complexity index is 505. The van der Waals surface area contributed by atoms with Crippen LogP contribution in [0, 0.1) is 16.0 Å². The first-order chi connectivity index (χ1) is 10.2. The first kappa shape index (κ1) is 18.4. The molecule has 1 aliphatic heterocycles. The SMILES string of the molecule is Cl.O=C(CCC1CCNCC1)NCc1ccccc1[N+](=O)[O-]. The molecular formula is C15H22ClN3O3. The number of nitro benzene ring substituents is 1. The van der Waals surface area contributed by atoms with Crippen molar-refractivity contribution in [3.8, 4) is 0 Å². The van der Waals surface area contributed by atoms with Crippen LogP contribution in [0.15, 0.2) is 24.3 Å². The van der Waals surface area contributed by atoms with Crippen LogP contribution in [-0.2, 0) is 11.3 Å². The minimum atomic E-state index is -0.420. The van der Waals surface area contributed by atoms with Crippen LogP contribution >= 0.6 is 12.4 Å². The summed E-state index contributed by atoms with van der Waals surface area (Å²) in [6, 6.07) is 6.49. The van der Waals surface area contributed by atoms with Crippen molar-refractivity contribution in [3.63, 3.8) is 0 Å². The predicted molar refractivity (Wildman–Crippen MR) is 87.0 cm³/mol. The first-order valence-electron chi connectivity index (χ1n) is 7.36. The largest absolute Gasteiger partial charge is 0.352 e. The van der Waals surface area contributed by atoms with Crippen molar-refractivity contribution < 1.29 is 9.72 Å². The second-order valence-corrected chi connectivity index (χ2v) is 5.39. The third kappa shape index (κ3) is 5.61. The van der Waals surface area contributed by atoms with Crippen molar-refractivity contribution in [2.75, 3.05) is 13.1 Å². The van der Waals surface area contributed by atoms with Gasteiger partial charge in [-0.05, 0) is 38.3 Å². The number of carbonyl (C=O) groups is 1. The minimum absolute atomic E-state index is 0. The van der Waals surface area contributed by atoms with E-state index in [4.69, 9.17) is 0 Å². The van der Waals surface area contributed by atoms with Crippen molar-refractivity contribution in [1.82, 2.24) is 10.6 Å². The Hall–Kier alpha value is -1.66. The maximum absolute atomic E-state index is 11.8. The molecule has 6 nitrogen and oxygen atoms in total. The van der Waals surface area contributed by atoms with Crippen molar-refractivity contribution in [3.05, 3.63) is 39.9 Å². The molecular weight excluding hydrogens is 306 g/mol. The fourth-order valence-electron chi connectivity index (χ4n) is 2.63. The molecule has 1 amide bonds. The second kappa shape index (κ2) is 9.38. The quantitative estimate of drug-likeness (QED) is 0.620. The second-order valence-electron chi connectivity index (χ2n) is 5.39. The van der Waals surface area contributed by atoms with E-state index in [1.54, 1.807) is 18.2 Å². The molecule has 22 heavy (non-hydrogen) atoms. The first-order valence-corrected chi connectivity index (χ1v) is 7.36. The van der Waals surface area contributed by atoms with E-state index in [-0.39, 0.29) is 30.5 Å². The highest BCUT2D eigenvalue weighted by atomic mass is 35.5. The number of rotatable bonds is 6. The fourth-order valence-corrected chi connectivity index (χ4v) is 2.63. The number of hydrogen-bond donors (Lipinski definition) is 2. The van der Waals surface area contributed by atoms with Gasteiger partial charge in [0, 0.05) is 24.6 Å². The maximum Gasteiger partial charge on any atom is 0.274 e. The Morgan fingerprint density at radius 1 is 1.32 bits per heavy atom. The van der Waals surface area contributed by atoms with Gasteiger partial charge in [0.15, 0.2) is 0 Å². The number of nitro groups is 1. The zero-order valence-corrected chi connectivity index (χ0v) is 13.2. The summed E-state index contributed by atoms with van der Waals surface area (Å²) in [5, 5.41) is 17.0. The molecule has 2 rings (SSSR count). The Morgan fingerprint density at radius 3 is 2.68 bits per heavy atom. The van der Waals surface area contributed by atoms with E-state index < -0.39 is 4.92 Å². The number of nitrogens with zero attached hydrogens (tertiary/aromatic N) is 1. The highest BCUT2D eigenvalue weighted by Gasteiger charge is 2.16. The highest BCUT2D eigenvalue weighted by molar-refractivity contribution is 5.85. The summed E-state index contributed by atoms with van der Waals surface area (Å²) in [4.78, 5) is 22.3. The van der Waals surface area contributed by atoms with Gasteiger partial charge in [-0.2, -0.15) is 0 Å². The van der Waals surface area contributed by atoms with Gasteiger partial charge in [-0.25, -0.2) is 0 Å². The van der Waals surface area contributed by atoms with E-state index in [1.165, 1.54) is 6.07 Å². The van der Waals surface area contributed by atoms with Gasteiger partial charge < -0.3 is 10.6 Å². The molecule has 0 unspecified atom stereocenters. The normalized spacial score (nSPS) is 14.9. The van der Waals surface area contributed by atoms with E-state index in [9.17, 15) is 14.9 Å². The van der Waals surface area contributed by atoms with Crippen LogP contribution in [0.4, 0.5) is 5.69 Å². The minimum Gasteiger partial charge on any atom is -0.352 e. The summed E-state index contributed by atoms with van der Waals surface area (Å²) in [6.07, 6.45) is 3.63. The monoisotopic (exact) mass is 327 g/mol. The number of nitrogens with one attached hydrogen (secondary N) is 2. The van der Waals surface area contributed by atoms with Gasteiger partial charge >= 0.3 is 0 Å². The van der Waals surface area contributed by atoms with Crippen LogP contribution in [0.25, 0.3) is 0 Å². The predicted octanol–water partition coefficient (Wildman–Crippen LogP) is 2.41. The van der Waals surface area contributed by atoms with Crippen molar-refractivity contribution >= 4 is 24.0 Å². The van der Waals surface area contributed by atoms with Gasteiger partial charge in [0.05, 0.1) is 4.92 Å². The zero-order valence-electron chi connectivity index (χ0n) is 12.4. The van der Waals surface area contributed by atoms with Gasteiger partial charge in [-0.3, -0.25) is 14.9 Å². The Labute approximate surface area is 136 Å². The van der Waals surface area contributed by atoms with E-state index in [0.717, 1.165) is 32.4 Å². The van der Waals surface area contributed by atoms with Crippen LogP contribution in [0.2, 0.25) is 0 Å². The average molecular weight is 328 g/mol. The number of halogens is 1. The number of carbonyl (C=O) groups excluding carboxylic acids is 1. The average Bonchev–Trinajstić information content (AvgIpc) is 2.52. The third-order valence-electron chi connectivity index (χ3n) is 3.90. The van der Waals surface area contributed by atoms with Gasteiger partial charge in [-0.15, -0.1) is 12.4 Å². The highest BCUT2D eigenvalue weighted by Crippen LogP contribution is 2.19. The summed E-state index contributed by atoms with van der Waals surface area (Å²) in [5.41, 5.74) is 0.592. The molecule has 1 aromatic carbocycles. The van der Waals surface area contributed by atoms with Gasteiger partial charge in [0.25, 0.3) is 5.69 Å². The van der Waals surface area contributed by atoms with Crippen LogP contribution in [0.3, 0.4) is 0 Å². The molecule has 1 aliphatic rings. The lowest BCUT2D eigenvalue weighted by atomic mass is 9.93. The molecule has 1 aromatic rings. The molecule has 0 aliphatic carbocycles. The lowest BCUT2D eigenvalue weighted by Gasteiger charge is -2.22. The topological polar surface area (TPSA) is 84.3 Å². The molecule has 1 fully saturated rings. The molecule has 1 heterocycles. The zero-order chi connectivity index (χ0) is 15.1. The Kier molecular flexibility index (Phi) is 7.84. The standard InChI is InChI=1S/C15H21N3O3.ClH/c19-15(6-5-12-7-9-16-10-8-12)17-11-13-3-1-2-4-14(13)18(20)21;/h1-4,12,16H,5-11H2,(H,17,19);1H. The van der Waals surface area contributed by atoms with Crippen LogP contribution in [-0.4, -0.2) is 23.9 Å².